The maximum absolute atomic E-state index is 10.8. The molecule has 150 valence electrons. The van der Waals surface area contributed by atoms with Crippen molar-refractivity contribution in [2.24, 2.45) is 0 Å². The van der Waals surface area contributed by atoms with E-state index in [-0.39, 0.29) is 0 Å². The molecule has 3 rings (SSSR count). The largest absolute Gasteiger partial charge is 0.482 e. The highest BCUT2D eigenvalue weighted by Crippen LogP contribution is 2.37. The molecule has 0 saturated carbocycles. The van der Waals surface area contributed by atoms with Gasteiger partial charge in [0, 0.05) is 11.1 Å². The monoisotopic (exact) mass is 398 g/mol. The lowest BCUT2D eigenvalue weighted by Crippen LogP contribution is -2.32. The maximum atomic E-state index is 10.8. The lowest BCUT2D eigenvalue weighted by molar-refractivity contribution is -0.139. The Kier molecular flexibility index (Phi) is 6.56. The van der Waals surface area contributed by atoms with Gasteiger partial charge in [0.1, 0.15) is 11.5 Å². The lowest BCUT2D eigenvalue weighted by Gasteiger charge is -2.33. The summed E-state index contributed by atoms with van der Waals surface area (Å²) in [6.07, 6.45) is 9.03. The summed E-state index contributed by atoms with van der Waals surface area (Å²) in [5.41, 5.74) is 1.67. The predicted octanol–water partition coefficient (Wildman–Crippen LogP) is 4.97. The molecule has 0 aromatic heterocycles. The number of hydrogen-bond acceptors (Lipinski definition) is 3. The molecule has 0 amide bonds. The third-order valence-electron chi connectivity index (χ3n) is 4.60. The standard InChI is InChI=1S/C26H22O4/c1-3-4-17-26(21-11-7-5-8-12-21,22-13-9-6-10-14-22)30-23-15-16-24(20(2)18-23)29-19-25(27)28/h1,4-18H,19H2,2H3,(H,27,28)/b17-4+. The minimum Gasteiger partial charge on any atom is -0.482 e. The van der Waals surface area contributed by atoms with Gasteiger partial charge in [-0.3, -0.25) is 0 Å². The molecular weight excluding hydrogens is 376 g/mol. The fraction of sp³-hybridized carbons (Fsp3) is 0.115. The van der Waals surface area contributed by atoms with E-state index in [9.17, 15) is 4.79 Å². The van der Waals surface area contributed by atoms with E-state index in [1.54, 1.807) is 18.2 Å². The fourth-order valence-electron chi connectivity index (χ4n) is 3.22. The molecule has 1 N–H and O–H groups in total. The van der Waals surface area contributed by atoms with Gasteiger partial charge in [0.2, 0.25) is 0 Å². The van der Waals surface area contributed by atoms with Crippen molar-refractivity contribution in [1.82, 2.24) is 0 Å². The molecule has 0 unspecified atom stereocenters. The number of ether oxygens (including phenoxy) is 2. The van der Waals surface area contributed by atoms with E-state index < -0.39 is 18.2 Å². The number of terminal acetylenes is 1. The number of carboxylic acids is 1. The van der Waals surface area contributed by atoms with Gasteiger partial charge in [-0.15, -0.1) is 6.42 Å². The summed E-state index contributed by atoms with van der Waals surface area (Å²) in [4.78, 5) is 10.8. The van der Waals surface area contributed by atoms with Crippen LogP contribution in [0.3, 0.4) is 0 Å². The summed E-state index contributed by atoms with van der Waals surface area (Å²) in [7, 11) is 0. The second kappa shape index (κ2) is 9.49. The Morgan fingerprint density at radius 1 is 1.03 bits per heavy atom. The molecule has 0 fully saturated rings. The van der Waals surface area contributed by atoms with Crippen LogP contribution in [0.25, 0.3) is 0 Å². The predicted molar refractivity (Wildman–Crippen MR) is 117 cm³/mol. The van der Waals surface area contributed by atoms with Gasteiger partial charge < -0.3 is 14.6 Å². The zero-order valence-corrected chi connectivity index (χ0v) is 16.6. The number of hydrogen-bond donors (Lipinski definition) is 1. The van der Waals surface area contributed by atoms with Gasteiger partial charge in [-0.25, -0.2) is 4.79 Å². The van der Waals surface area contributed by atoms with Crippen LogP contribution in [0.1, 0.15) is 16.7 Å². The van der Waals surface area contributed by atoms with Crippen molar-refractivity contribution in [3.8, 4) is 23.8 Å². The third-order valence-corrected chi connectivity index (χ3v) is 4.60. The van der Waals surface area contributed by atoms with Crippen molar-refractivity contribution in [1.29, 1.82) is 0 Å². The van der Waals surface area contributed by atoms with Crippen molar-refractivity contribution in [3.63, 3.8) is 0 Å². The molecule has 0 bridgehead atoms. The van der Waals surface area contributed by atoms with Crippen molar-refractivity contribution < 1.29 is 19.4 Å². The number of allylic oxidation sites excluding steroid dienone is 1. The number of aliphatic carboxylic acids is 1. The number of aryl methyl sites for hydroxylation is 1. The van der Waals surface area contributed by atoms with Crippen molar-refractivity contribution in [3.05, 3.63) is 108 Å². The first-order valence-electron chi connectivity index (χ1n) is 9.44. The SMILES string of the molecule is C#C/C=C/C(Oc1ccc(OCC(=O)O)c(C)c1)(c1ccccc1)c1ccccc1. The zero-order chi connectivity index (χ0) is 21.4. The van der Waals surface area contributed by atoms with Gasteiger partial charge in [-0.1, -0.05) is 66.6 Å². The van der Waals surface area contributed by atoms with E-state index in [2.05, 4.69) is 5.92 Å². The van der Waals surface area contributed by atoms with Crippen LogP contribution in [-0.4, -0.2) is 17.7 Å². The van der Waals surface area contributed by atoms with E-state index in [0.29, 0.717) is 11.5 Å². The van der Waals surface area contributed by atoms with Crippen LogP contribution in [0.4, 0.5) is 0 Å². The van der Waals surface area contributed by atoms with Crippen LogP contribution in [0.2, 0.25) is 0 Å². The van der Waals surface area contributed by atoms with E-state index in [1.165, 1.54) is 0 Å². The summed E-state index contributed by atoms with van der Waals surface area (Å²) >= 11 is 0. The first kappa shape index (κ1) is 20.8. The van der Waals surface area contributed by atoms with Gasteiger partial charge in [0.05, 0.1) is 0 Å². The van der Waals surface area contributed by atoms with E-state index in [0.717, 1.165) is 16.7 Å². The Hall–Kier alpha value is -3.97. The molecule has 0 aliphatic carbocycles. The van der Waals surface area contributed by atoms with Crippen LogP contribution >= 0.6 is 0 Å². The first-order chi connectivity index (χ1) is 14.5. The Balaban J connectivity index is 2.07. The molecule has 0 atom stereocenters. The van der Waals surface area contributed by atoms with Gasteiger partial charge >= 0.3 is 5.97 Å². The molecule has 3 aromatic carbocycles. The summed E-state index contributed by atoms with van der Waals surface area (Å²) in [6.45, 7) is 1.44. The Morgan fingerprint density at radius 3 is 2.13 bits per heavy atom. The molecule has 3 aromatic rings. The smallest absolute Gasteiger partial charge is 0.341 e. The lowest BCUT2D eigenvalue weighted by atomic mass is 9.85. The van der Waals surface area contributed by atoms with Gasteiger partial charge in [-0.05, 0) is 42.8 Å². The normalized spacial score (nSPS) is 11.1. The van der Waals surface area contributed by atoms with Crippen LogP contribution in [0.15, 0.2) is 91.0 Å². The highest BCUT2D eigenvalue weighted by molar-refractivity contribution is 5.68. The van der Waals surface area contributed by atoms with Crippen LogP contribution in [0.5, 0.6) is 11.5 Å². The minimum absolute atomic E-state index is 0.399. The topological polar surface area (TPSA) is 55.8 Å². The quantitative estimate of drug-likeness (QED) is 0.544. The van der Waals surface area contributed by atoms with Crippen LogP contribution in [0, 0.1) is 19.3 Å². The molecule has 0 aliphatic heterocycles. The molecule has 0 saturated heterocycles. The average Bonchev–Trinajstić information content (AvgIpc) is 2.77. The zero-order valence-electron chi connectivity index (χ0n) is 16.6. The average molecular weight is 398 g/mol. The Labute approximate surface area is 176 Å². The molecule has 30 heavy (non-hydrogen) atoms. The molecule has 0 radical (unpaired) electrons. The molecular formula is C26H22O4. The van der Waals surface area contributed by atoms with Crippen LogP contribution in [-0.2, 0) is 10.4 Å². The van der Waals surface area contributed by atoms with Gasteiger partial charge in [0.25, 0.3) is 0 Å². The molecule has 4 heteroatoms. The summed E-state index contributed by atoms with van der Waals surface area (Å²) in [6, 6.07) is 25.0. The highest BCUT2D eigenvalue weighted by Gasteiger charge is 2.34. The number of benzene rings is 3. The summed E-state index contributed by atoms with van der Waals surface area (Å²) < 4.78 is 11.9. The number of carbonyl (C=O) groups is 1. The molecule has 0 spiro atoms. The van der Waals surface area contributed by atoms with Crippen molar-refractivity contribution in [2.45, 2.75) is 12.5 Å². The number of carboxylic acid groups (broad SMARTS) is 1. The molecule has 0 heterocycles. The number of rotatable bonds is 8. The molecule has 0 aliphatic rings. The highest BCUT2D eigenvalue weighted by atomic mass is 16.5. The minimum atomic E-state index is -1.03. The van der Waals surface area contributed by atoms with Gasteiger partial charge in [0.15, 0.2) is 12.2 Å². The third kappa shape index (κ3) is 4.71. The first-order valence-corrected chi connectivity index (χ1v) is 9.44. The summed E-state index contributed by atoms with van der Waals surface area (Å²) in [5, 5.41) is 8.83. The van der Waals surface area contributed by atoms with E-state index in [4.69, 9.17) is 21.0 Å². The Morgan fingerprint density at radius 2 is 1.63 bits per heavy atom. The van der Waals surface area contributed by atoms with E-state index >= 15 is 0 Å². The van der Waals surface area contributed by atoms with Crippen molar-refractivity contribution in [2.75, 3.05) is 6.61 Å². The van der Waals surface area contributed by atoms with Gasteiger partial charge in [-0.2, -0.15) is 0 Å². The van der Waals surface area contributed by atoms with E-state index in [1.807, 2.05) is 79.7 Å². The summed E-state index contributed by atoms with van der Waals surface area (Å²) in [5.74, 6) is 2.63. The van der Waals surface area contributed by atoms with Crippen LogP contribution < -0.4 is 9.47 Å². The fourth-order valence-corrected chi connectivity index (χ4v) is 3.22. The second-order valence-corrected chi connectivity index (χ2v) is 6.68. The second-order valence-electron chi connectivity index (χ2n) is 6.68. The van der Waals surface area contributed by atoms with Crippen molar-refractivity contribution >= 4 is 5.97 Å². The molecule has 4 nitrogen and oxygen atoms in total. The maximum Gasteiger partial charge on any atom is 0.341 e. The Bertz CT molecular complexity index is 1020.